The zero-order valence-corrected chi connectivity index (χ0v) is 13.4. The summed E-state index contributed by atoms with van der Waals surface area (Å²) >= 11 is 0. The Labute approximate surface area is 128 Å². The lowest BCUT2D eigenvalue weighted by atomic mass is 10.2. The molecule has 21 heavy (non-hydrogen) atoms. The Morgan fingerprint density at radius 1 is 1.10 bits per heavy atom. The summed E-state index contributed by atoms with van der Waals surface area (Å²) in [7, 11) is 1.63. The Balaban J connectivity index is 2.17. The van der Waals surface area contributed by atoms with Crippen LogP contribution in [0.3, 0.4) is 0 Å². The monoisotopic (exact) mass is 301 g/mol. The van der Waals surface area contributed by atoms with Crippen LogP contribution in [0.2, 0.25) is 0 Å². The normalized spacial score (nSPS) is 17.0. The molecule has 1 saturated heterocycles. The Morgan fingerprint density at radius 2 is 1.95 bits per heavy atom. The van der Waals surface area contributed by atoms with Gasteiger partial charge in [-0.1, -0.05) is 6.42 Å². The van der Waals surface area contributed by atoms with Crippen LogP contribution in [0, 0.1) is 0 Å². The van der Waals surface area contributed by atoms with Gasteiger partial charge in [0, 0.05) is 26.7 Å². The van der Waals surface area contributed by atoms with Crippen molar-refractivity contribution in [3.8, 4) is 0 Å². The van der Waals surface area contributed by atoms with Crippen molar-refractivity contribution in [1.82, 2.24) is 9.80 Å². The predicted molar refractivity (Wildman–Crippen MR) is 83.2 cm³/mol. The van der Waals surface area contributed by atoms with E-state index in [0.29, 0.717) is 13.2 Å². The van der Waals surface area contributed by atoms with Gasteiger partial charge >= 0.3 is 0 Å². The lowest BCUT2D eigenvalue weighted by Gasteiger charge is -2.22. The first-order chi connectivity index (χ1) is 10.3. The molecule has 0 unspecified atom stereocenters. The minimum atomic E-state index is 0.0936. The maximum Gasteiger partial charge on any atom is 0.248 e. The molecule has 0 aromatic heterocycles. The molecule has 1 amide bonds. The van der Waals surface area contributed by atoms with Gasteiger partial charge in [0.15, 0.2) is 0 Å². The molecule has 6 nitrogen and oxygen atoms in total. The number of hydrogen-bond donors (Lipinski definition) is 1. The average Bonchev–Trinajstić information content (AvgIpc) is 2.74. The van der Waals surface area contributed by atoms with E-state index >= 15 is 0 Å². The van der Waals surface area contributed by atoms with Crippen LogP contribution in [0.5, 0.6) is 0 Å². The molecule has 124 valence electrons. The van der Waals surface area contributed by atoms with Gasteiger partial charge in [-0.25, -0.2) is 0 Å². The number of unbranched alkanes of at least 4 members (excludes halogenated alkanes) is 2. The molecule has 1 aliphatic heterocycles. The summed E-state index contributed by atoms with van der Waals surface area (Å²) in [6.45, 7) is 6.77. The van der Waals surface area contributed by atoms with Crippen molar-refractivity contribution >= 4 is 5.91 Å². The molecular weight excluding hydrogens is 270 g/mol. The highest BCUT2D eigenvalue weighted by Crippen LogP contribution is 2.06. The van der Waals surface area contributed by atoms with Gasteiger partial charge in [-0.3, -0.25) is 4.79 Å². The molecule has 2 N–H and O–H groups in total. The summed E-state index contributed by atoms with van der Waals surface area (Å²) in [4.78, 5) is 16.4. The van der Waals surface area contributed by atoms with E-state index < -0.39 is 0 Å². The van der Waals surface area contributed by atoms with Crippen molar-refractivity contribution in [2.75, 3.05) is 66.2 Å². The van der Waals surface area contributed by atoms with Crippen LogP contribution in [0.15, 0.2) is 0 Å². The second-order valence-corrected chi connectivity index (χ2v) is 5.47. The first-order valence-corrected chi connectivity index (χ1v) is 8.04. The standard InChI is InChI=1S/C15H31N3O3/c1-20-12-13-21-14-15(19)18-9-5-8-17(10-11-18)7-4-2-3-6-16/h2-14,16H2,1H3. The lowest BCUT2D eigenvalue weighted by molar-refractivity contribution is -0.136. The minimum absolute atomic E-state index is 0.0936. The van der Waals surface area contributed by atoms with Crippen LogP contribution in [-0.2, 0) is 14.3 Å². The highest BCUT2D eigenvalue weighted by molar-refractivity contribution is 5.77. The third-order valence-electron chi connectivity index (χ3n) is 3.78. The van der Waals surface area contributed by atoms with Crippen LogP contribution < -0.4 is 5.73 Å². The lowest BCUT2D eigenvalue weighted by Crippen LogP contribution is -2.37. The van der Waals surface area contributed by atoms with Gasteiger partial charge in [-0.15, -0.1) is 0 Å². The van der Waals surface area contributed by atoms with E-state index in [9.17, 15) is 4.79 Å². The number of nitrogens with zero attached hydrogens (tertiary/aromatic N) is 2. The molecule has 0 aliphatic carbocycles. The van der Waals surface area contributed by atoms with Crippen LogP contribution in [-0.4, -0.2) is 81.9 Å². The number of rotatable bonds is 10. The zero-order chi connectivity index (χ0) is 15.3. The summed E-state index contributed by atoms with van der Waals surface area (Å²) < 4.78 is 10.2. The fourth-order valence-electron chi connectivity index (χ4n) is 2.49. The fraction of sp³-hybridized carbons (Fsp3) is 0.933. The number of ether oxygens (including phenoxy) is 2. The van der Waals surface area contributed by atoms with E-state index in [1.54, 1.807) is 7.11 Å². The van der Waals surface area contributed by atoms with Crippen molar-refractivity contribution in [3.05, 3.63) is 0 Å². The molecular formula is C15H31N3O3. The Morgan fingerprint density at radius 3 is 2.71 bits per heavy atom. The molecule has 1 fully saturated rings. The van der Waals surface area contributed by atoms with E-state index in [-0.39, 0.29) is 12.5 Å². The smallest absolute Gasteiger partial charge is 0.248 e. The van der Waals surface area contributed by atoms with E-state index in [0.717, 1.165) is 52.1 Å². The summed E-state index contributed by atoms with van der Waals surface area (Å²) in [6, 6.07) is 0. The van der Waals surface area contributed by atoms with Crippen molar-refractivity contribution in [3.63, 3.8) is 0 Å². The first-order valence-electron chi connectivity index (χ1n) is 8.04. The number of carbonyl (C=O) groups is 1. The van der Waals surface area contributed by atoms with Gasteiger partial charge in [0.05, 0.1) is 13.2 Å². The topological polar surface area (TPSA) is 68.0 Å². The maximum atomic E-state index is 12.0. The summed E-state index contributed by atoms with van der Waals surface area (Å²) in [5.41, 5.74) is 5.51. The van der Waals surface area contributed by atoms with E-state index in [2.05, 4.69) is 4.90 Å². The van der Waals surface area contributed by atoms with Crippen LogP contribution >= 0.6 is 0 Å². The summed E-state index contributed by atoms with van der Waals surface area (Å²) in [5, 5.41) is 0. The molecule has 0 atom stereocenters. The van der Waals surface area contributed by atoms with Crippen LogP contribution in [0.4, 0.5) is 0 Å². The van der Waals surface area contributed by atoms with Crippen molar-refractivity contribution in [2.24, 2.45) is 5.73 Å². The molecule has 0 aromatic carbocycles. The molecule has 1 rings (SSSR count). The quantitative estimate of drug-likeness (QED) is 0.588. The van der Waals surface area contributed by atoms with Gasteiger partial charge in [0.25, 0.3) is 0 Å². The molecule has 0 saturated carbocycles. The van der Waals surface area contributed by atoms with Crippen molar-refractivity contribution in [2.45, 2.75) is 25.7 Å². The van der Waals surface area contributed by atoms with Gasteiger partial charge in [0.1, 0.15) is 6.61 Å². The SMILES string of the molecule is COCCOCC(=O)N1CCCN(CCCCCN)CC1. The third-order valence-corrected chi connectivity index (χ3v) is 3.78. The molecule has 6 heteroatoms. The molecule has 0 radical (unpaired) electrons. The Hall–Kier alpha value is -0.690. The maximum absolute atomic E-state index is 12.0. The molecule has 0 aromatic rings. The van der Waals surface area contributed by atoms with Gasteiger partial charge in [0.2, 0.25) is 5.91 Å². The molecule has 1 heterocycles. The molecule has 0 spiro atoms. The average molecular weight is 301 g/mol. The second kappa shape index (κ2) is 11.9. The van der Waals surface area contributed by atoms with Gasteiger partial charge in [-0.2, -0.15) is 0 Å². The highest BCUT2D eigenvalue weighted by atomic mass is 16.5. The van der Waals surface area contributed by atoms with Crippen molar-refractivity contribution in [1.29, 1.82) is 0 Å². The highest BCUT2D eigenvalue weighted by Gasteiger charge is 2.18. The molecule has 1 aliphatic rings. The third kappa shape index (κ3) is 8.36. The van der Waals surface area contributed by atoms with Gasteiger partial charge < -0.3 is 25.0 Å². The molecule has 0 bridgehead atoms. The van der Waals surface area contributed by atoms with E-state index in [4.69, 9.17) is 15.2 Å². The Bertz CT molecular complexity index is 277. The number of methoxy groups -OCH3 is 1. The van der Waals surface area contributed by atoms with Crippen LogP contribution in [0.1, 0.15) is 25.7 Å². The number of hydrogen-bond acceptors (Lipinski definition) is 5. The van der Waals surface area contributed by atoms with Crippen molar-refractivity contribution < 1.29 is 14.3 Å². The number of nitrogens with two attached hydrogens (primary N) is 1. The summed E-state index contributed by atoms with van der Waals surface area (Å²) in [5.74, 6) is 0.0936. The zero-order valence-electron chi connectivity index (χ0n) is 13.4. The van der Waals surface area contributed by atoms with Crippen LogP contribution in [0.25, 0.3) is 0 Å². The summed E-state index contributed by atoms with van der Waals surface area (Å²) in [6.07, 6.45) is 4.55. The largest absolute Gasteiger partial charge is 0.382 e. The first kappa shape index (κ1) is 18.4. The van der Waals surface area contributed by atoms with E-state index in [1.807, 2.05) is 4.90 Å². The number of amides is 1. The minimum Gasteiger partial charge on any atom is -0.382 e. The number of carbonyl (C=O) groups excluding carboxylic acids is 1. The predicted octanol–water partition coefficient (Wildman–Crippen LogP) is 0.313. The Kier molecular flexibility index (Phi) is 10.4. The van der Waals surface area contributed by atoms with Gasteiger partial charge in [-0.05, 0) is 38.9 Å². The second-order valence-electron chi connectivity index (χ2n) is 5.47. The fourth-order valence-corrected chi connectivity index (χ4v) is 2.49. The van der Waals surface area contributed by atoms with E-state index in [1.165, 1.54) is 12.8 Å².